The molecule has 0 bridgehead atoms. The molecule has 0 saturated heterocycles. The maximum atomic E-state index is 12.9. The Bertz CT molecular complexity index is 774. The average molecular weight is 402 g/mol. The van der Waals surface area contributed by atoms with Gasteiger partial charge in [0.15, 0.2) is 0 Å². The molecule has 0 radical (unpaired) electrons. The summed E-state index contributed by atoms with van der Waals surface area (Å²) in [6.07, 6.45) is 6.61. The van der Waals surface area contributed by atoms with Crippen LogP contribution < -0.4 is 5.32 Å². The third-order valence-corrected chi connectivity index (χ3v) is 6.88. The first-order valence-electron chi connectivity index (χ1n) is 9.95. The van der Waals surface area contributed by atoms with Crippen LogP contribution in [0.1, 0.15) is 62.3 Å². The minimum Gasteiger partial charge on any atom is -0.348 e. The number of carbonyl (C=O) groups excluding carboxylic acids is 1. The molecule has 0 heterocycles. The fraction of sp³-hybridized carbons (Fsp3) is 0.435. The molecule has 2 aromatic rings. The lowest BCUT2D eigenvalue weighted by Gasteiger charge is -2.23. The lowest BCUT2D eigenvalue weighted by atomic mass is 9.89. The average Bonchev–Trinajstić information content (AvgIpc) is 2.71. The van der Waals surface area contributed by atoms with Gasteiger partial charge in [0.1, 0.15) is 0 Å². The summed E-state index contributed by atoms with van der Waals surface area (Å²) < 4.78 is 0. The lowest BCUT2D eigenvalue weighted by molar-refractivity contribution is -0.121. The van der Waals surface area contributed by atoms with Crippen LogP contribution in [-0.4, -0.2) is 11.2 Å². The number of fused-ring (bicyclic) bond motifs is 1. The zero-order valence-corrected chi connectivity index (χ0v) is 17.7. The number of aryl methyl sites for hydroxylation is 2. The molecular formula is C23H28ClNOS. The smallest absolute Gasteiger partial charge is 0.233 e. The minimum atomic E-state index is -0.0992. The third kappa shape index (κ3) is 5.30. The van der Waals surface area contributed by atoms with Crippen molar-refractivity contribution in [3.63, 3.8) is 0 Å². The van der Waals surface area contributed by atoms with Gasteiger partial charge in [-0.1, -0.05) is 43.6 Å². The van der Waals surface area contributed by atoms with E-state index in [1.807, 2.05) is 24.3 Å². The van der Waals surface area contributed by atoms with E-state index in [1.54, 1.807) is 11.8 Å². The van der Waals surface area contributed by atoms with E-state index in [1.165, 1.54) is 36.0 Å². The quantitative estimate of drug-likeness (QED) is 0.547. The Morgan fingerprint density at radius 1 is 1.04 bits per heavy atom. The summed E-state index contributed by atoms with van der Waals surface area (Å²) in [6.45, 7) is 4.20. The van der Waals surface area contributed by atoms with E-state index in [0.717, 1.165) is 29.2 Å². The number of carbonyl (C=O) groups is 1. The third-order valence-electron chi connectivity index (χ3n) is 5.25. The maximum Gasteiger partial charge on any atom is 0.233 e. The Morgan fingerprint density at radius 3 is 2.41 bits per heavy atom. The molecule has 0 aliphatic heterocycles. The standard InChI is InChI=1S/C23H28ClNOS/c1-3-21(18-10-9-16-7-5-6-8-17(16)15-18)25-23(26)22(4-2)27-20-13-11-19(24)12-14-20/h9-15,21-22H,3-8H2,1-2H3,(H,25,26)/t21-,22+/m0/s1. The highest BCUT2D eigenvalue weighted by atomic mass is 35.5. The summed E-state index contributed by atoms with van der Waals surface area (Å²) in [5.74, 6) is 0.113. The van der Waals surface area contributed by atoms with Crippen LogP contribution in [-0.2, 0) is 17.6 Å². The van der Waals surface area contributed by atoms with Crippen molar-refractivity contribution in [2.75, 3.05) is 0 Å². The van der Waals surface area contributed by atoms with Crippen molar-refractivity contribution in [2.45, 2.75) is 68.6 Å². The van der Waals surface area contributed by atoms with Crippen molar-refractivity contribution < 1.29 is 4.79 Å². The van der Waals surface area contributed by atoms with Crippen LogP contribution in [0, 0.1) is 0 Å². The summed E-state index contributed by atoms with van der Waals surface area (Å²) in [5.41, 5.74) is 4.18. The van der Waals surface area contributed by atoms with Crippen LogP contribution in [0.3, 0.4) is 0 Å². The van der Waals surface area contributed by atoms with Crippen molar-refractivity contribution in [1.29, 1.82) is 0 Å². The van der Waals surface area contributed by atoms with Gasteiger partial charge in [0, 0.05) is 9.92 Å². The molecule has 0 saturated carbocycles. The number of amides is 1. The molecule has 1 aliphatic carbocycles. The van der Waals surface area contributed by atoms with Crippen LogP contribution in [0.15, 0.2) is 47.4 Å². The molecule has 144 valence electrons. The Labute approximate surface area is 172 Å². The van der Waals surface area contributed by atoms with Crippen LogP contribution in [0.2, 0.25) is 5.02 Å². The van der Waals surface area contributed by atoms with Crippen LogP contribution in [0.4, 0.5) is 0 Å². The second-order valence-electron chi connectivity index (χ2n) is 7.17. The van der Waals surface area contributed by atoms with Gasteiger partial charge < -0.3 is 5.32 Å². The first-order valence-corrected chi connectivity index (χ1v) is 11.2. The predicted molar refractivity (Wildman–Crippen MR) is 116 cm³/mol. The van der Waals surface area contributed by atoms with Crippen molar-refractivity contribution in [3.05, 3.63) is 64.2 Å². The second-order valence-corrected chi connectivity index (χ2v) is 8.89. The van der Waals surface area contributed by atoms with E-state index in [9.17, 15) is 4.79 Å². The van der Waals surface area contributed by atoms with E-state index < -0.39 is 0 Å². The normalized spacial score (nSPS) is 15.7. The SMILES string of the molecule is CC[C@H](NC(=O)[C@@H](CC)Sc1ccc(Cl)cc1)c1ccc2c(c1)CCCC2. The van der Waals surface area contributed by atoms with Gasteiger partial charge in [-0.2, -0.15) is 0 Å². The molecule has 4 heteroatoms. The molecule has 0 fully saturated rings. The summed E-state index contributed by atoms with van der Waals surface area (Å²) in [5, 5.41) is 3.91. The topological polar surface area (TPSA) is 29.1 Å². The van der Waals surface area contributed by atoms with E-state index >= 15 is 0 Å². The molecule has 2 atom stereocenters. The minimum absolute atomic E-state index is 0.0737. The van der Waals surface area contributed by atoms with Crippen LogP contribution >= 0.6 is 23.4 Å². The van der Waals surface area contributed by atoms with Crippen molar-refractivity contribution >= 4 is 29.3 Å². The molecular weight excluding hydrogens is 374 g/mol. The summed E-state index contributed by atoms with van der Waals surface area (Å²) >= 11 is 7.57. The zero-order chi connectivity index (χ0) is 19.2. The first-order chi connectivity index (χ1) is 13.1. The number of thioether (sulfide) groups is 1. The number of hydrogen-bond acceptors (Lipinski definition) is 2. The Morgan fingerprint density at radius 2 is 1.74 bits per heavy atom. The molecule has 3 rings (SSSR count). The number of rotatable bonds is 7. The highest BCUT2D eigenvalue weighted by Gasteiger charge is 2.22. The van der Waals surface area contributed by atoms with Gasteiger partial charge in [0.25, 0.3) is 0 Å². The Hall–Kier alpha value is -1.45. The fourth-order valence-electron chi connectivity index (χ4n) is 3.66. The molecule has 2 nitrogen and oxygen atoms in total. The Kier molecular flexibility index (Phi) is 7.26. The summed E-state index contributed by atoms with van der Waals surface area (Å²) in [6, 6.07) is 14.5. The largest absolute Gasteiger partial charge is 0.348 e. The molecule has 1 N–H and O–H groups in total. The molecule has 0 aromatic heterocycles. The highest BCUT2D eigenvalue weighted by molar-refractivity contribution is 8.00. The van der Waals surface area contributed by atoms with Gasteiger partial charge in [0.05, 0.1) is 11.3 Å². The van der Waals surface area contributed by atoms with Crippen molar-refractivity contribution in [2.24, 2.45) is 0 Å². The van der Waals surface area contributed by atoms with E-state index in [2.05, 4.69) is 37.4 Å². The van der Waals surface area contributed by atoms with Gasteiger partial charge in [0.2, 0.25) is 5.91 Å². The van der Waals surface area contributed by atoms with Gasteiger partial charge in [-0.05, 0) is 79.5 Å². The summed E-state index contributed by atoms with van der Waals surface area (Å²) in [7, 11) is 0. The fourth-order valence-corrected chi connectivity index (χ4v) is 4.75. The molecule has 1 aliphatic rings. The van der Waals surface area contributed by atoms with Gasteiger partial charge in [-0.15, -0.1) is 11.8 Å². The molecule has 0 unspecified atom stereocenters. The number of halogens is 1. The van der Waals surface area contributed by atoms with Crippen LogP contribution in [0.25, 0.3) is 0 Å². The predicted octanol–water partition coefficient (Wildman–Crippen LogP) is 6.36. The van der Waals surface area contributed by atoms with E-state index in [0.29, 0.717) is 0 Å². The number of nitrogens with one attached hydrogen (secondary N) is 1. The molecule has 2 aromatic carbocycles. The molecule has 0 spiro atoms. The lowest BCUT2D eigenvalue weighted by Crippen LogP contribution is -2.35. The second kappa shape index (κ2) is 9.66. The van der Waals surface area contributed by atoms with Crippen molar-refractivity contribution in [3.8, 4) is 0 Å². The maximum absolute atomic E-state index is 12.9. The van der Waals surface area contributed by atoms with Gasteiger partial charge >= 0.3 is 0 Å². The van der Waals surface area contributed by atoms with E-state index in [-0.39, 0.29) is 17.2 Å². The summed E-state index contributed by atoms with van der Waals surface area (Å²) in [4.78, 5) is 14.0. The monoisotopic (exact) mass is 401 g/mol. The van der Waals surface area contributed by atoms with Gasteiger partial charge in [-0.3, -0.25) is 4.79 Å². The van der Waals surface area contributed by atoms with E-state index in [4.69, 9.17) is 11.6 Å². The molecule has 1 amide bonds. The molecule has 27 heavy (non-hydrogen) atoms. The highest BCUT2D eigenvalue weighted by Crippen LogP contribution is 2.29. The van der Waals surface area contributed by atoms with Gasteiger partial charge in [-0.25, -0.2) is 0 Å². The first kappa shape index (κ1) is 20.3. The number of benzene rings is 2. The zero-order valence-electron chi connectivity index (χ0n) is 16.1. The Balaban J connectivity index is 1.68. The van der Waals surface area contributed by atoms with Crippen molar-refractivity contribution in [1.82, 2.24) is 5.32 Å². The number of hydrogen-bond donors (Lipinski definition) is 1. The van der Waals surface area contributed by atoms with Crippen LogP contribution in [0.5, 0.6) is 0 Å².